The molecular formula is C23H23NO6S. The smallest absolute Gasteiger partial charge is 0.307 e. The van der Waals surface area contributed by atoms with E-state index in [2.05, 4.69) is 4.98 Å². The van der Waals surface area contributed by atoms with Crippen molar-refractivity contribution in [3.05, 3.63) is 66.4 Å². The van der Waals surface area contributed by atoms with Gasteiger partial charge in [-0.05, 0) is 53.9 Å². The lowest BCUT2D eigenvalue weighted by Gasteiger charge is -2.12. The first-order chi connectivity index (χ1) is 14.8. The highest BCUT2D eigenvalue weighted by atomic mass is 32.2. The third-order valence-corrected chi connectivity index (χ3v) is 6.23. The van der Waals surface area contributed by atoms with Crippen molar-refractivity contribution in [3.63, 3.8) is 0 Å². The predicted octanol–water partition coefficient (Wildman–Crippen LogP) is 4.01. The van der Waals surface area contributed by atoms with Crippen molar-refractivity contribution in [2.75, 3.05) is 13.7 Å². The number of methoxy groups -OCH3 is 1. The number of rotatable bonds is 9. The van der Waals surface area contributed by atoms with E-state index < -0.39 is 15.8 Å². The molecule has 0 fully saturated rings. The first-order valence-corrected chi connectivity index (χ1v) is 11.2. The summed E-state index contributed by atoms with van der Waals surface area (Å²) in [4.78, 5) is 15.4. The van der Waals surface area contributed by atoms with Gasteiger partial charge in [0.05, 0.1) is 29.9 Å². The first kappa shape index (κ1) is 22.3. The Balaban J connectivity index is 2.03. The van der Waals surface area contributed by atoms with Crippen LogP contribution in [0.3, 0.4) is 0 Å². The summed E-state index contributed by atoms with van der Waals surface area (Å²) in [5, 5.41) is 9.14. The SMILES string of the molecule is CCCOc1cc(CC(=O)O)cc(S(=O)(=O)c2cccc(-c3ccc(OC)nc3)c2)c1. The number of carboxylic acids is 1. The Kier molecular flexibility index (Phi) is 6.91. The van der Waals surface area contributed by atoms with Gasteiger partial charge in [0, 0.05) is 17.8 Å². The summed E-state index contributed by atoms with van der Waals surface area (Å²) in [7, 11) is -2.39. The van der Waals surface area contributed by atoms with E-state index in [1.807, 2.05) is 6.92 Å². The second-order valence-electron chi connectivity index (χ2n) is 6.85. The van der Waals surface area contributed by atoms with Gasteiger partial charge in [0.2, 0.25) is 15.7 Å². The number of sulfone groups is 1. The van der Waals surface area contributed by atoms with E-state index in [4.69, 9.17) is 14.6 Å². The molecule has 2 aromatic carbocycles. The summed E-state index contributed by atoms with van der Waals surface area (Å²) in [5.41, 5.74) is 1.78. The van der Waals surface area contributed by atoms with Crippen LogP contribution >= 0.6 is 0 Å². The fraction of sp³-hybridized carbons (Fsp3) is 0.217. The second kappa shape index (κ2) is 9.61. The molecule has 162 valence electrons. The average Bonchev–Trinajstić information content (AvgIpc) is 2.77. The molecular weight excluding hydrogens is 418 g/mol. The van der Waals surface area contributed by atoms with Crippen LogP contribution in [-0.2, 0) is 21.1 Å². The molecule has 0 saturated heterocycles. The number of carbonyl (C=O) groups is 1. The zero-order valence-corrected chi connectivity index (χ0v) is 18.1. The van der Waals surface area contributed by atoms with Gasteiger partial charge in [-0.1, -0.05) is 19.1 Å². The lowest BCUT2D eigenvalue weighted by atomic mass is 10.1. The van der Waals surface area contributed by atoms with Crippen LogP contribution < -0.4 is 9.47 Å². The van der Waals surface area contributed by atoms with Gasteiger partial charge in [-0.25, -0.2) is 13.4 Å². The van der Waals surface area contributed by atoms with Crippen LogP contribution in [0.1, 0.15) is 18.9 Å². The monoisotopic (exact) mass is 441 g/mol. The van der Waals surface area contributed by atoms with Crippen molar-refractivity contribution in [2.24, 2.45) is 0 Å². The maximum absolute atomic E-state index is 13.3. The van der Waals surface area contributed by atoms with E-state index in [1.165, 1.54) is 25.3 Å². The number of nitrogens with zero attached hydrogens (tertiary/aromatic N) is 1. The maximum Gasteiger partial charge on any atom is 0.307 e. The molecule has 0 aliphatic heterocycles. The van der Waals surface area contributed by atoms with E-state index in [0.29, 0.717) is 29.4 Å². The summed E-state index contributed by atoms with van der Waals surface area (Å²) >= 11 is 0. The molecule has 0 unspecified atom stereocenters. The number of hydrogen-bond donors (Lipinski definition) is 1. The largest absolute Gasteiger partial charge is 0.494 e. The topological polar surface area (TPSA) is 103 Å². The fourth-order valence-electron chi connectivity index (χ4n) is 3.02. The average molecular weight is 442 g/mol. The van der Waals surface area contributed by atoms with Gasteiger partial charge >= 0.3 is 5.97 Å². The molecule has 0 saturated carbocycles. The first-order valence-electron chi connectivity index (χ1n) is 9.67. The summed E-state index contributed by atoms with van der Waals surface area (Å²) in [5.74, 6) is -0.262. The van der Waals surface area contributed by atoms with E-state index in [-0.39, 0.29) is 16.2 Å². The van der Waals surface area contributed by atoms with Crippen molar-refractivity contribution >= 4 is 15.8 Å². The molecule has 0 aliphatic rings. The minimum atomic E-state index is -3.91. The van der Waals surface area contributed by atoms with Crippen LogP contribution in [0.4, 0.5) is 0 Å². The predicted molar refractivity (Wildman–Crippen MR) is 115 cm³/mol. The van der Waals surface area contributed by atoms with E-state index in [1.54, 1.807) is 42.6 Å². The molecule has 7 nitrogen and oxygen atoms in total. The van der Waals surface area contributed by atoms with Crippen molar-refractivity contribution in [1.29, 1.82) is 0 Å². The van der Waals surface area contributed by atoms with Crippen molar-refractivity contribution in [1.82, 2.24) is 4.98 Å². The minimum Gasteiger partial charge on any atom is -0.494 e. The van der Waals surface area contributed by atoms with Gasteiger partial charge in [0.25, 0.3) is 0 Å². The number of pyridine rings is 1. The molecule has 3 aromatic rings. The lowest BCUT2D eigenvalue weighted by molar-refractivity contribution is -0.136. The standard InChI is InChI=1S/C23H23NO6S/c1-3-9-30-19-10-16(12-23(25)26)11-21(14-19)31(27,28)20-6-4-5-17(13-20)18-7-8-22(29-2)24-15-18/h4-8,10-11,13-15H,3,9,12H2,1-2H3,(H,25,26). The molecule has 1 heterocycles. The molecule has 3 rings (SSSR count). The van der Waals surface area contributed by atoms with Crippen LogP contribution in [0.25, 0.3) is 11.1 Å². The Morgan fingerprint density at radius 2 is 1.84 bits per heavy atom. The normalized spacial score (nSPS) is 11.2. The van der Waals surface area contributed by atoms with Crippen LogP contribution in [0.5, 0.6) is 11.6 Å². The summed E-state index contributed by atoms with van der Waals surface area (Å²) in [6.45, 7) is 2.33. The zero-order valence-electron chi connectivity index (χ0n) is 17.2. The molecule has 1 N–H and O–H groups in total. The van der Waals surface area contributed by atoms with E-state index in [0.717, 1.165) is 12.0 Å². The van der Waals surface area contributed by atoms with Crippen LogP contribution in [0.2, 0.25) is 0 Å². The summed E-state index contributed by atoms with van der Waals surface area (Å²) in [6, 6.07) is 14.4. The van der Waals surface area contributed by atoms with Gasteiger partial charge in [-0.15, -0.1) is 0 Å². The van der Waals surface area contributed by atoms with Crippen LogP contribution in [0.15, 0.2) is 70.6 Å². The third-order valence-electron chi connectivity index (χ3n) is 4.50. The van der Waals surface area contributed by atoms with Crippen molar-refractivity contribution in [3.8, 4) is 22.8 Å². The molecule has 0 radical (unpaired) electrons. The highest BCUT2D eigenvalue weighted by molar-refractivity contribution is 7.91. The Labute approximate surface area is 181 Å². The molecule has 1 aromatic heterocycles. The second-order valence-corrected chi connectivity index (χ2v) is 8.80. The maximum atomic E-state index is 13.3. The molecule has 0 amide bonds. The van der Waals surface area contributed by atoms with Crippen molar-refractivity contribution < 1.29 is 27.8 Å². The van der Waals surface area contributed by atoms with Crippen molar-refractivity contribution in [2.45, 2.75) is 29.6 Å². The highest BCUT2D eigenvalue weighted by Gasteiger charge is 2.21. The quantitative estimate of drug-likeness (QED) is 0.535. The Bertz CT molecular complexity index is 1170. The van der Waals surface area contributed by atoms with Gasteiger partial charge in [0.15, 0.2) is 0 Å². The number of ether oxygens (including phenoxy) is 2. The van der Waals surface area contributed by atoms with Crippen LogP contribution in [0, 0.1) is 0 Å². The van der Waals surface area contributed by atoms with Gasteiger partial charge in [-0.3, -0.25) is 4.79 Å². The number of benzene rings is 2. The lowest BCUT2D eigenvalue weighted by Crippen LogP contribution is -2.07. The molecule has 0 spiro atoms. The van der Waals surface area contributed by atoms with Gasteiger partial charge in [-0.2, -0.15) is 0 Å². The number of hydrogen-bond acceptors (Lipinski definition) is 6. The van der Waals surface area contributed by atoms with E-state index in [9.17, 15) is 13.2 Å². The highest BCUT2D eigenvalue weighted by Crippen LogP contribution is 2.30. The third kappa shape index (κ3) is 5.40. The zero-order chi connectivity index (χ0) is 22.4. The minimum absolute atomic E-state index is 0.0117. The fourth-order valence-corrected chi connectivity index (χ4v) is 4.41. The summed E-state index contributed by atoms with van der Waals surface area (Å²) in [6.07, 6.45) is 2.04. The molecule has 0 atom stereocenters. The summed E-state index contributed by atoms with van der Waals surface area (Å²) < 4.78 is 37.3. The van der Waals surface area contributed by atoms with Crippen LogP contribution in [-0.4, -0.2) is 38.2 Å². The Morgan fingerprint density at radius 3 is 2.48 bits per heavy atom. The molecule has 0 bridgehead atoms. The van der Waals surface area contributed by atoms with E-state index >= 15 is 0 Å². The molecule has 0 aliphatic carbocycles. The Morgan fingerprint density at radius 1 is 1.03 bits per heavy atom. The molecule has 8 heteroatoms. The van der Waals surface area contributed by atoms with Gasteiger partial charge < -0.3 is 14.6 Å². The Hall–Kier alpha value is -3.39. The number of aliphatic carboxylic acids is 1. The van der Waals surface area contributed by atoms with Gasteiger partial charge in [0.1, 0.15) is 5.75 Å². The number of aromatic nitrogens is 1. The molecule has 31 heavy (non-hydrogen) atoms. The number of carboxylic acid groups (broad SMARTS) is 1.